The van der Waals surface area contributed by atoms with E-state index in [4.69, 9.17) is 5.11 Å². The molecular weight excluding hydrogens is 270 g/mol. The predicted molar refractivity (Wildman–Crippen MR) is 79.9 cm³/mol. The molecule has 6 heteroatoms. The summed E-state index contributed by atoms with van der Waals surface area (Å²) in [7, 11) is 1.62. The molecule has 0 aliphatic rings. The lowest BCUT2D eigenvalue weighted by Crippen LogP contribution is -2.48. The monoisotopic (exact) mass is 293 g/mol. The Bertz CT molecular complexity index is 503. The van der Waals surface area contributed by atoms with Crippen LogP contribution < -0.4 is 5.32 Å². The summed E-state index contributed by atoms with van der Waals surface area (Å²) in [6.07, 6.45) is 0.832. The summed E-state index contributed by atoms with van der Waals surface area (Å²) in [5.74, 6) is -1.21. The third-order valence-corrected chi connectivity index (χ3v) is 3.18. The second kappa shape index (κ2) is 7.61. The Balaban J connectivity index is 2.67. The second-order valence-corrected chi connectivity index (χ2v) is 5.34. The van der Waals surface area contributed by atoms with Crippen molar-refractivity contribution in [3.63, 3.8) is 0 Å². The lowest BCUT2D eigenvalue weighted by atomic mass is 10.1. The number of nitrogens with one attached hydrogen (secondary N) is 1. The minimum atomic E-state index is -1.03. The number of carbonyl (C=O) groups excluding carboxylic acids is 1. The number of aromatic nitrogens is 1. The molecule has 0 bridgehead atoms. The number of carbonyl (C=O) groups is 2. The van der Waals surface area contributed by atoms with Crippen LogP contribution in [0.15, 0.2) is 18.2 Å². The molecule has 21 heavy (non-hydrogen) atoms. The van der Waals surface area contributed by atoms with E-state index in [1.807, 2.05) is 25.1 Å². The van der Waals surface area contributed by atoms with Gasteiger partial charge in [-0.05, 0) is 24.5 Å². The van der Waals surface area contributed by atoms with Gasteiger partial charge in [0.15, 0.2) is 0 Å². The van der Waals surface area contributed by atoms with E-state index in [0.717, 1.165) is 17.8 Å². The fraction of sp³-hybridized carbons (Fsp3) is 0.533. The zero-order valence-electron chi connectivity index (χ0n) is 13.0. The maximum atomic E-state index is 12.0. The number of aliphatic carboxylic acids is 1. The van der Waals surface area contributed by atoms with E-state index >= 15 is 0 Å². The van der Waals surface area contributed by atoms with E-state index in [1.165, 1.54) is 4.90 Å². The van der Waals surface area contributed by atoms with Gasteiger partial charge in [0.1, 0.15) is 6.04 Å². The van der Waals surface area contributed by atoms with Gasteiger partial charge in [0.05, 0.1) is 12.2 Å². The molecule has 1 rings (SSSR count). The summed E-state index contributed by atoms with van der Waals surface area (Å²) < 4.78 is 0. The van der Waals surface area contributed by atoms with Crippen molar-refractivity contribution in [1.29, 1.82) is 0 Å². The van der Waals surface area contributed by atoms with Gasteiger partial charge < -0.3 is 15.3 Å². The summed E-state index contributed by atoms with van der Waals surface area (Å²) >= 11 is 0. The van der Waals surface area contributed by atoms with Crippen LogP contribution in [0.25, 0.3) is 0 Å². The Morgan fingerprint density at radius 1 is 1.33 bits per heavy atom. The Morgan fingerprint density at radius 2 is 1.95 bits per heavy atom. The lowest BCUT2D eigenvalue weighted by Gasteiger charge is -2.23. The molecule has 0 saturated heterocycles. The number of nitrogens with zero attached hydrogens (tertiary/aromatic N) is 2. The zero-order chi connectivity index (χ0) is 16.0. The third kappa shape index (κ3) is 5.06. The van der Waals surface area contributed by atoms with Crippen LogP contribution in [0, 0.1) is 5.92 Å². The minimum Gasteiger partial charge on any atom is -0.480 e. The van der Waals surface area contributed by atoms with Crippen LogP contribution in [0.5, 0.6) is 0 Å². The van der Waals surface area contributed by atoms with E-state index in [0.29, 0.717) is 6.54 Å². The summed E-state index contributed by atoms with van der Waals surface area (Å²) in [6, 6.07) is 4.37. The van der Waals surface area contributed by atoms with Gasteiger partial charge in [0.2, 0.25) is 0 Å². The largest absolute Gasteiger partial charge is 0.480 e. The number of urea groups is 1. The number of hydrogen-bond donors (Lipinski definition) is 2. The van der Waals surface area contributed by atoms with Gasteiger partial charge in [0.25, 0.3) is 0 Å². The summed E-state index contributed by atoms with van der Waals surface area (Å²) in [5, 5.41) is 11.6. The molecule has 6 nitrogen and oxygen atoms in total. The van der Waals surface area contributed by atoms with Gasteiger partial charge in [-0.15, -0.1) is 0 Å². The van der Waals surface area contributed by atoms with E-state index in [2.05, 4.69) is 10.3 Å². The molecule has 0 spiro atoms. The van der Waals surface area contributed by atoms with E-state index in [9.17, 15) is 9.59 Å². The van der Waals surface area contributed by atoms with Gasteiger partial charge in [-0.2, -0.15) is 0 Å². The predicted octanol–water partition coefficient (Wildman–Crippen LogP) is 1.89. The highest BCUT2D eigenvalue weighted by molar-refractivity contribution is 5.82. The Morgan fingerprint density at radius 3 is 2.48 bits per heavy atom. The molecule has 2 amide bonds. The van der Waals surface area contributed by atoms with E-state index in [1.54, 1.807) is 20.9 Å². The average Bonchev–Trinajstić information content (AvgIpc) is 2.43. The van der Waals surface area contributed by atoms with Crippen molar-refractivity contribution in [1.82, 2.24) is 15.2 Å². The first-order valence-electron chi connectivity index (χ1n) is 7.04. The molecule has 2 N–H and O–H groups in total. The fourth-order valence-corrected chi connectivity index (χ4v) is 1.89. The number of carboxylic acids is 1. The molecule has 1 heterocycles. The van der Waals surface area contributed by atoms with Crippen molar-refractivity contribution in [2.45, 2.75) is 39.8 Å². The smallest absolute Gasteiger partial charge is 0.326 e. The van der Waals surface area contributed by atoms with Crippen LogP contribution in [0.2, 0.25) is 0 Å². The van der Waals surface area contributed by atoms with Crippen LogP contribution in [-0.2, 0) is 17.8 Å². The molecule has 1 atom stereocenters. The molecule has 0 saturated carbocycles. The van der Waals surface area contributed by atoms with Crippen molar-refractivity contribution in [2.24, 2.45) is 5.92 Å². The molecule has 0 fully saturated rings. The molecule has 1 aromatic rings. The molecule has 116 valence electrons. The van der Waals surface area contributed by atoms with Crippen molar-refractivity contribution >= 4 is 12.0 Å². The van der Waals surface area contributed by atoms with Crippen LogP contribution >= 0.6 is 0 Å². The first kappa shape index (κ1) is 16.9. The van der Waals surface area contributed by atoms with Gasteiger partial charge in [-0.3, -0.25) is 4.98 Å². The fourth-order valence-electron chi connectivity index (χ4n) is 1.89. The van der Waals surface area contributed by atoms with Gasteiger partial charge in [-0.25, -0.2) is 9.59 Å². The highest BCUT2D eigenvalue weighted by atomic mass is 16.4. The first-order valence-corrected chi connectivity index (χ1v) is 7.04. The maximum Gasteiger partial charge on any atom is 0.326 e. The van der Waals surface area contributed by atoms with Crippen molar-refractivity contribution in [2.75, 3.05) is 7.05 Å². The van der Waals surface area contributed by atoms with Gasteiger partial charge in [-0.1, -0.05) is 26.8 Å². The summed E-state index contributed by atoms with van der Waals surface area (Å²) in [4.78, 5) is 29.0. The standard InChI is InChI=1S/C15H23N3O3/c1-5-11-7-6-8-12(16-11)9-18(4)15(21)17-13(10(2)3)14(19)20/h6-8,10,13H,5,9H2,1-4H3,(H,17,21)(H,19,20). The topological polar surface area (TPSA) is 82.5 Å². The zero-order valence-corrected chi connectivity index (χ0v) is 13.0. The van der Waals surface area contributed by atoms with Crippen LogP contribution in [0.4, 0.5) is 4.79 Å². The number of carboxylic acid groups (broad SMARTS) is 1. The van der Waals surface area contributed by atoms with Crippen molar-refractivity contribution < 1.29 is 14.7 Å². The molecule has 0 aromatic carbocycles. The first-order chi connectivity index (χ1) is 9.85. The minimum absolute atomic E-state index is 0.179. The number of rotatable bonds is 6. The van der Waals surface area contributed by atoms with Crippen LogP contribution in [-0.4, -0.2) is 40.1 Å². The Labute approximate surface area is 125 Å². The van der Waals surface area contributed by atoms with Gasteiger partial charge >= 0.3 is 12.0 Å². The quantitative estimate of drug-likeness (QED) is 0.839. The molecule has 0 aliphatic heterocycles. The molecule has 0 radical (unpaired) electrons. The number of aryl methyl sites for hydroxylation is 1. The molecular formula is C15H23N3O3. The Kier molecular flexibility index (Phi) is 6.14. The van der Waals surface area contributed by atoms with Crippen molar-refractivity contribution in [3.05, 3.63) is 29.6 Å². The van der Waals surface area contributed by atoms with Gasteiger partial charge in [0, 0.05) is 12.7 Å². The normalized spacial score (nSPS) is 12.0. The molecule has 1 unspecified atom stereocenters. The lowest BCUT2D eigenvalue weighted by molar-refractivity contribution is -0.140. The molecule has 1 aromatic heterocycles. The summed E-state index contributed by atoms with van der Waals surface area (Å²) in [5.41, 5.74) is 1.75. The highest BCUT2D eigenvalue weighted by Gasteiger charge is 2.24. The third-order valence-electron chi connectivity index (χ3n) is 3.18. The second-order valence-electron chi connectivity index (χ2n) is 5.34. The number of hydrogen-bond acceptors (Lipinski definition) is 3. The number of pyridine rings is 1. The van der Waals surface area contributed by atoms with E-state index in [-0.39, 0.29) is 5.92 Å². The average molecular weight is 293 g/mol. The summed E-state index contributed by atoms with van der Waals surface area (Å²) in [6.45, 7) is 5.86. The maximum absolute atomic E-state index is 12.0. The van der Waals surface area contributed by atoms with Crippen LogP contribution in [0.1, 0.15) is 32.2 Å². The SMILES string of the molecule is CCc1cccc(CN(C)C(=O)NC(C(=O)O)C(C)C)n1. The van der Waals surface area contributed by atoms with Crippen molar-refractivity contribution in [3.8, 4) is 0 Å². The van der Waals surface area contributed by atoms with E-state index < -0.39 is 18.0 Å². The number of amides is 2. The highest BCUT2D eigenvalue weighted by Crippen LogP contribution is 2.06. The van der Waals surface area contributed by atoms with Crippen LogP contribution in [0.3, 0.4) is 0 Å². The molecule has 0 aliphatic carbocycles. The Hall–Kier alpha value is -2.11.